The van der Waals surface area contributed by atoms with Crippen molar-refractivity contribution in [2.75, 3.05) is 19.6 Å². The Morgan fingerprint density at radius 1 is 1.33 bits per heavy atom. The lowest BCUT2D eigenvalue weighted by Crippen LogP contribution is -2.45. The van der Waals surface area contributed by atoms with Crippen molar-refractivity contribution < 1.29 is 4.79 Å². The molecule has 0 radical (unpaired) electrons. The number of carbonyl (C=O) groups is 1. The first-order valence-corrected chi connectivity index (χ1v) is 6.26. The summed E-state index contributed by atoms with van der Waals surface area (Å²) >= 11 is 0. The zero-order valence-corrected chi connectivity index (χ0v) is 9.22. The van der Waals surface area contributed by atoms with Gasteiger partial charge in [-0.05, 0) is 56.0 Å². The molecule has 3 aliphatic rings. The third-order valence-electron chi connectivity index (χ3n) is 4.31. The van der Waals surface area contributed by atoms with Crippen LogP contribution in [0, 0.1) is 17.3 Å². The molecular weight excluding hydrogens is 188 g/mol. The van der Waals surface area contributed by atoms with Gasteiger partial charge in [-0.2, -0.15) is 0 Å². The van der Waals surface area contributed by atoms with Crippen LogP contribution in [0.4, 0.5) is 0 Å². The number of carbonyl (C=O) groups excluding carboxylic acids is 1. The highest BCUT2D eigenvalue weighted by Crippen LogP contribution is 2.60. The van der Waals surface area contributed by atoms with Crippen molar-refractivity contribution in [3.05, 3.63) is 0 Å². The van der Waals surface area contributed by atoms with E-state index < -0.39 is 0 Å². The van der Waals surface area contributed by atoms with Crippen LogP contribution in [-0.4, -0.2) is 25.5 Å². The summed E-state index contributed by atoms with van der Waals surface area (Å²) in [5, 5.41) is 6.34. The molecule has 3 fully saturated rings. The van der Waals surface area contributed by atoms with Crippen LogP contribution >= 0.6 is 0 Å². The van der Waals surface area contributed by atoms with Crippen LogP contribution < -0.4 is 10.6 Å². The molecule has 3 nitrogen and oxygen atoms in total. The first kappa shape index (κ1) is 9.64. The summed E-state index contributed by atoms with van der Waals surface area (Å²) in [5.41, 5.74) is 0.549. The highest BCUT2D eigenvalue weighted by atomic mass is 16.1. The second-order valence-corrected chi connectivity index (χ2v) is 5.64. The standard InChI is InChI=1S/C12H20N2O/c15-11(5-9-6-13-7-9)14-8-12(3-4-12)10-1-2-10/h9-10,13H,1-8H2,(H,14,15). The first-order valence-electron chi connectivity index (χ1n) is 6.26. The monoisotopic (exact) mass is 208 g/mol. The molecule has 2 aliphatic carbocycles. The summed E-state index contributed by atoms with van der Waals surface area (Å²) in [6, 6.07) is 0. The predicted molar refractivity (Wildman–Crippen MR) is 58.4 cm³/mol. The van der Waals surface area contributed by atoms with E-state index in [0.717, 1.165) is 32.0 Å². The Balaban J connectivity index is 1.39. The predicted octanol–water partition coefficient (Wildman–Crippen LogP) is 0.902. The molecular formula is C12H20N2O. The van der Waals surface area contributed by atoms with Crippen molar-refractivity contribution in [3.63, 3.8) is 0 Å². The molecule has 1 aliphatic heterocycles. The normalized spacial score (nSPS) is 28.3. The van der Waals surface area contributed by atoms with E-state index in [1.54, 1.807) is 0 Å². The van der Waals surface area contributed by atoms with E-state index in [9.17, 15) is 4.79 Å². The largest absolute Gasteiger partial charge is 0.356 e. The fraction of sp³-hybridized carbons (Fsp3) is 0.917. The van der Waals surface area contributed by atoms with E-state index in [2.05, 4.69) is 10.6 Å². The van der Waals surface area contributed by atoms with Crippen LogP contribution in [0.5, 0.6) is 0 Å². The minimum atomic E-state index is 0.272. The molecule has 0 spiro atoms. The smallest absolute Gasteiger partial charge is 0.220 e. The summed E-state index contributed by atoms with van der Waals surface area (Å²) < 4.78 is 0. The molecule has 2 saturated carbocycles. The molecule has 0 aromatic carbocycles. The Labute approximate surface area is 91.0 Å². The fourth-order valence-corrected chi connectivity index (χ4v) is 2.69. The number of hydrogen-bond donors (Lipinski definition) is 2. The summed E-state index contributed by atoms with van der Waals surface area (Å²) in [7, 11) is 0. The van der Waals surface area contributed by atoms with Gasteiger partial charge in [-0.25, -0.2) is 0 Å². The molecule has 1 saturated heterocycles. The lowest BCUT2D eigenvalue weighted by atomic mass is 9.98. The van der Waals surface area contributed by atoms with E-state index in [-0.39, 0.29) is 5.91 Å². The van der Waals surface area contributed by atoms with Crippen LogP contribution in [0.3, 0.4) is 0 Å². The molecule has 0 bridgehead atoms. The number of hydrogen-bond acceptors (Lipinski definition) is 2. The topological polar surface area (TPSA) is 41.1 Å². The third-order valence-corrected chi connectivity index (χ3v) is 4.31. The minimum Gasteiger partial charge on any atom is -0.356 e. The molecule has 15 heavy (non-hydrogen) atoms. The van der Waals surface area contributed by atoms with Crippen molar-refractivity contribution in [2.45, 2.75) is 32.1 Å². The molecule has 3 rings (SSSR count). The summed E-state index contributed by atoms with van der Waals surface area (Å²) in [4.78, 5) is 11.6. The van der Waals surface area contributed by atoms with Gasteiger partial charge in [0, 0.05) is 13.0 Å². The van der Waals surface area contributed by atoms with Gasteiger partial charge in [0.05, 0.1) is 0 Å². The summed E-state index contributed by atoms with van der Waals surface area (Å²) in [5.74, 6) is 1.82. The van der Waals surface area contributed by atoms with Gasteiger partial charge in [0.2, 0.25) is 5.91 Å². The molecule has 0 aromatic heterocycles. The SMILES string of the molecule is O=C(CC1CNC1)NCC1(C2CC2)CC1. The van der Waals surface area contributed by atoms with Crippen molar-refractivity contribution in [1.82, 2.24) is 10.6 Å². The molecule has 3 heteroatoms. The maximum Gasteiger partial charge on any atom is 0.220 e. The maximum atomic E-state index is 11.6. The van der Waals surface area contributed by atoms with Gasteiger partial charge in [-0.3, -0.25) is 4.79 Å². The molecule has 1 amide bonds. The Hall–Kier alpha value is -0.570. The van der Waals surface area contributed by atoms with E-state index in [1.807, 2.05) is 0 Å². The van der Waals surface area contributed by atoms with Gasteiger partial charge in [-0.15, -0.1) is 0 Å². The zero-order valence-electron chi connectivity index (χ0n) is 9.22. The molecule has 84 valence electrons. The van der Waals surface area contributed by atoms with Crippen LogP contribution in [0.2, 0.25) is 0 Å². The lowest BCUT2D eigenvalue weighted by Gasteiger charge is -2.26. The Kier molecular flexibility index (Phi) is 2.23. The minimum absolute atomic E-state index is 0.272. The number of rotatable bonds is 5. The van der Waals surface area contributed by atoms with E-state index >= 15 is 0 Å². The van der Waals surface area contributed by atoms with Gasteiger partial charge in [-0.1, -0.05) is 0 Å². The average molecular weight is 208 g/mol. The van der Waals surface area contributed by atoms with Gasteiger partial charge in [0.1, 0.15) is 0 Å². The summed E-state index contributed by atoms with van der Waals surface area (Å²) in [6.45, 7) is 3.01. The highest BCUT2D eigenvalue weighted by molar-refractivity contribution is 5.76. The van der Waals surface area contributed by atoms with Crippen LogP contribution in [-0.2, 0) is 4.79 Å². The van der Waals surface area contributed by atoms with Crippen molar-refractivity contribution in [2.24, 2.45) is 17.3 Å². The lowest BCUT2D eigenvalue weighted by molar-refractivity contribution is -0.122. The van der Waals surface area contributed by atoms with E-state index in [0.29, 0.717) is 11.3 Å². The second-order valence-electron chi connectivity index (χ2n) is 5.64. The van der Waals surface area contributed by atoms with Crippen LogP contribution in [0.15, 0.2) is 0 Å². The van der Waals surface area contributed by atoms with Gasteiger partial charge in [0.15, 0.2) is 0 Å². The molecule has 2 N–H and O–H groups in total. The first-order chi connectivity index (χ1) is 7.28. The molecule has 0 atom stereocenters. The van der Waals surface area contributed by atoms with E-state index in [1.165, 1.54) is 25.7 Å². The van der Waals surface area contributed by atoms with Crippen LogP contribution in [0.25, 0.3) is 0 Å². The van der Waals surface area contributed by atoms with Crippen LogP contribution in [0.1, 0.15) is 32.1 Å². The molecule has 0 unspecified atom stereocenters. The number of amides is 1. The van der Waals surface area contributed by atoms with Crippen molar-refractivity contribution in [3.8, 4) is 0 Å². The maximum absolute atomic E-state index is 11.6. The van der Waals surface area contributed by atoms with Crippen molar-refractivity contribution >= 4 is 5.91 Å². The molecule has 1 heterocycles. The Bertz CT molecular complexity index is 265. The fourth-order valence-electron chi connectivity index (χ4n) is 2.69. The second kappa shape index (κ2) is 3.48. The van der Waals surface area contributed by atoms with Gasteiger partial charge in [0.25, 0.3) is 0 Å². The number of nitrogens with one attached hydrogen (secondary N) is 2. The average Bonchev–Trinajstić information content (AvgIpc) is 2.99. The van der Waals surface area contributed by atoms with Crippen molar-refractivity contribution in [1.29, 1.82) is 0 Å². The van der Waals surface area contributed by atoms with E-state index in [4.69, 9.17) is 0 Å². The zero-order chi connectivity index (χ0) is 10.3. The van der Waals surface area contributed by atoms with Gasteiger partial charge < -0.3 is 10.6 Å². The molecule has 0 aromatic rings. The Morgan fingerprint density at radius 3 is 2.53 bits per heavy atom. The third kappa shape index (κ3) is 2.03. The van der Waals surface area contributed by atoms with Gasteiger partial charge >= 0.3 is 0 Å². The quantitative estimate of drug-likeness (QED) is 0.705. The highest BCUT2D eigenvalue weighted by Gasteiger charge is 2.53. The Morgan fingerprint density at radius 2 is 2.07 bits per heavy atom. The summed E-state index contributed by atoms with van der Waals surface area (Å²) in [6.07, 6.45) is 6.24.